The van der Waals surface area contributed by atoms with Crippen LogP contribution in [0.3, 0.4) is 0 Å². The summed E-state index contributed by atoms with van der Waals surface area (Å²) in [6, 6.07) is 4.16. The lowest BCUT2D eigenvalue weighted by molar-refractivity contribution is 0.143. The second kappa shape index (κ2) is 6.75. The minimum atomic E-state index is -1.09. The fourth-order valence-electron chi connectivity index (χ4n) is 4.67. The smallest absolute Gasteiger partial charge is 0.227 e. The Labute approximate surface area is 176 Å². The van der Waals surface area contributed by atoms with Crippen molar-refractivity contribution in [1.82, 2.24) is 15.0 Å². The van der Waals surface area contributed by atoms with E-state index in [2.05, 4.69) is 27.3 Å². The normalized spacial score (nSPS) is 21.9. The van der Waals surface area contributed by atoms with Gasteiger partial charge in [0.05, 0.1) is 28.6 Å². The first-order valence-corrected chi connectivity index (χ1v) is 11.7. The number of nitrogens with one attached hydrogen (secondary N) is 1. The van der Waals surface area contributed by atoms with Crippen LogP contribution in [-0.4, -0.2) is 48.7 Å². The molecule has 9 heteroatoms. The number of rotatable bonds is 4. The molecule has 3 aliphatic rings. The standard InChI is InChI=1S/C21H23N5O3S/c27-11-21(4-1-5-21)25-19-18-15(3-7-30(18)28)23-20(24-19)26-6-2-13-8-16-17(29-12-22-16)9-14(13)10-26/h8-9,12,27H,1-7,10-11H2,(H,23,24,25)/t30-/m0/s1. The topological polar surface area (TPSA) is 104 Å². The van der Waals surface area contributed by atoms with Gasteiger partial charge in [-0.2, -0.15) is 4.98 Å². The van der Waals surface area contributed by atoms with Crippen molar-refractivity contribution in [2.75, 3.05) is 29.1 Å². The maximum atomic E-state index is 12.6. The van der Waals surface area contributed by atoms with Crippen LogP contribution in [0.1, 0.15) is 36.1 Å². The van der Waals surface area contributed by atoms with E-state index in [4.69, 9.17) is 14.4 Å². The fourth-order valence-corrected chi connectivity index (χ4v) is 5.97. The van der Waals surface area contributed by atoms with Gasteiger partial charge in [0.25, 0.3) is 0 Å². The van der Waals surface area contributed by atoms with Crippen LogP contribution in [0.2, 0.25) is 0 Å². The summed E-state index contributed by atoms with van der Waals surface area (Å²) in [6.45, 7) is 1.55. The Morgan fingerprint density at radius 2 is 2.13 bits per heavy atom. The first-order chi connectivity index (χ1) is 14.6. The quantitative estimate of drug-likeness (QED) is 0.655. The molecule has 1 fully saturated rings. The molecule has 0 radical (unpaired) electrons. The second-order valence-corrected chi connectivity index (χ2v) is 9.98. The van der Waals surface area contributed by atoms with Crippen molar-refractivity contribution < 1.29 is 13.7 Å². The maximum absolute atomic E-state index is 12.6. The Morgan fingerprint density at radius 1 is 1.23 bits per heavy atom. The zero-order chi connectivity index (χ0) is 20.3. The molecule has 30 heavy (non-hydrogen) atoms. The van der Waals surface area contributed by atoms with Crippen molar-refractivity contribution in [3.63, 3.8) is 0 Å². The molecule has 2 aromatic heterocycles. The monoisotopic (exact) mass is 425 g/mol. The molecule has 0 unspecified atom stereocenters. The van der Waals surface area contributed by atoms with E-state index in [1.54, 1.807) is 0 Å². The summed E-state index contributed by atoms with van der Waals surface area (Å²) in [7, 11) is -1.09. The number of aliphatic hydroxyl groups excluding tert-OH is 1. The summed E-state index contributed by atoms with van der Waals surface area (Å²) in [4.78, 5) is 16.8. The molecule has 1 saturated carbocycles. The molecule has 1 aliphatic carbocycles. The van der Waals surface area contributed by atoms with Crippen molar-refractivity contribution in [3.8, 4) is 0 Å². The summed E-state index contributed by atoms with van der Waals surface area (Å²) in [5.41, 5.74) is 4.67. The molecule has 6 rings (SSSR count). The lowest BCUT2D eigenvalue weighted by atomic mass is 9.77. The highest BCUT2D eigenvalue weighted by atomic mass is 32.2. The third-order valence-corrected chi connectivity index (χ3v) is 8.08. The summed E-state index contributed by atoms with van der Waals surface area (Å²) in [5, 5.41) is 13.3. The Morgan fingerprint density at radius 3 is 2.93 bits per heavy atom. The van der Waals surface area contributed by atoms with Gasteiger partial charge in [-0.05, 0) is 48.9 Å². The van der Waals surface area contributed by atoms with Crippen molar-refractivity contribution in [3.05, 3.63) is 35.3 Å². The molecule has 4 heterocycles. The van der Waals surface area contributed by atoms with E-state index >= 15 is 0 Å². The number of hydrogen-bond acceptors (Lipinski definition) is 8. The minimum Gasteiger partial charge on any atom is -0.443 e. The van der Waals surface area contributed by atoms with Gasteiger partial charge in [0, 0.05) is 25.3 Å². The molecule has 1 atom stereocenters. The Balaban J connectivity index is 1.37. The molecule has 3 aromatic rings. The van der Waals surface area contributed by atoms with Gasteiger partial charge in [-0.25, -0.2) is 9.97 Å². The van der Waals surface area contributed by atoms with Crippen LogP contribution in [-0.2, 0) is 30.2 Å². The molecule has 2 aliphatic heterocycles. The number of nitrogens with zero attached hydrogens (tertiary/aromatic N) is 4. The molecule has 0 amide bonds. The predicted molar refractivity (Wildman–Crippen MR) is 113 cm³/mol. The van der Waals surface area contributed by atoms with E-state index in [9.17, 15) is 9.32 Å². The van der Waals surface area contributed by atoms with Gasteiger partial charge in [-0.1, -0.05) is 0 Å². The SMILES string of the molecule is O=[S@]1CCc2nc(N3CCc4cc5ncoc5cc4C3)nc(NC3(CO)CCC3)c21. The lowest BCUT2D eigenvalue weighted by Gasteiger charge is -2.41. The van der Waals surface area contributed by atoms with E-state index in [0.717, 1.165) is 53.9 Å². The van der Waals surface area contributed by atoms with Crippen LogP contribution in [0.4, 0.5) is 11.8 Å². The Hall–Kier alpha value is -2.52. The molecule has 0 spiro atoms. The number of aliphatic hydroxyl groups is 1. The highest BCUT2D eigenvalue weighted by Crippen LogP contribution is 2.38. The maximum Gasteiger partial charge on any atom is 0.227 e. The number of benzene rings is 1. The summed E-state index contributed by atoms with van der Waals surface area (Å²) >= 11 is 0. The highest BCUT2D eigenvalue weighted by molar-refractivity contribution is 7.85. The first-order valence-electron chi connectivity index (χ1n) is 10.4. The van der Waals surface area contributed by atoms with Gasteiger partial charge in [0.15, 0.2) is 12.0 Å². The lowest BCUT2D eigenvalue weighted by Crippen LogP contribution is -2.48. The number of aromatic nitrogens is 3. The molecular weight excluding hydrogens is 402 g/mol. The number of oxazole rings is 1. The van der Waals surface area contributed by atoms with Crippen molar-refractivity contribution in [1.29, 1.82) is 0 Å². The highest BCUT2D eigenvalue weighted by Gasteiger charge is 2.39. The third kappa shape index (κ3) is 2.83. The van der Waals surface area contributed by atoms with E-state index in [1.165, 1.54) is 17.5 Å². The average Bonchev–Trinajstić information content (AvgIpc) is 3.34. The molecule has 2 N–H and O–H groups in total. The van der Waals surface area contributed by atoms with Gasteiger partial charge in [-0.3, -0.25) is 4.21 Å². The second-order valence-electron chi connectivity index (χ2n) is 8.48. The van der Waals surface area contributed by atoms with E-state index in [1.807, 2.05) is 0 Å². The van der Waals surface area contributed by atoms with Crippen LogP contribution in [0, 0.1) is 0 Å². The summed E-state index contributed by atoms with van der Waals surface area (Å²) in [5.74, 6) is 1.88. The Bertz CT molecular complexity index is 1170. The third-order valence-electron chi connectivity index (χ3n) is 6.62. The van der Waals surface area contributed by atoms with Gasteiger partial charge >= 0.3 is 0 Å². The van der Waals surface area contributed by atoms with Crippen LogP contribution in [0.25, 0.3) is 11.1 Å². The Kier molecular flexibility index (Phi) is 4.11. The fraction of sp³-hybridized carbons (Fsp3) is 0.476. The predicted octanol–water partition coefficient (Wildman–Crippen LogP) is 2.17. The largest absolute Gasteiger partial charge is 0.443 e. The molecule has 156 valence electrons. The first kappa shape index (κ1) is 18.3. The van der Waals surface area contributed by atoms with Crippen molar-refractivity contribution in [2.24, 2.45) is 0 Å². The zero-order valence-corrected chi connectivity index (χ0v) is 17.4. The molecular formula is C21H23N5O3S. The minimum absolute atomic E-state index is 0.0536. The van der Waals surface area contributed by atoms with Crippen LogP contribution < -0.4 is 10.2 Å². The van der Waals surface area contributed by atoms with Crippen LogP contribution in [0.15, 0.2) is 27.8 Å². The van der Waals surface area contributed by atoms with E-state index in [0.29, 0.717) is 30.5 Å². The number of aryl methyl sites for hydroxylation is 1. The number of anilines is 2. The molecule has 0 bridgehead atoms. The molecule has 1 aromatic carbocycles. The molecule has 0 saturated heterocycles. The summed E-state index contributed by atoms with van der Waals surface area (Å²) in [6.07, 6.45) is 5.93. The van der Waals surface area contributed by atoms with E-state index < -0.39 is 10.8 Å². The summed E-state index contributed by atoms with van der Waals surface area (Å²) < 4.78 is 18.1. The van der Waals surface area contributed by atoms with Crippen LogP contribution in [0.5, 0.6) is 0 Å². The van der Waals surface area contributed by atoms with E-state index in [-0.39, 0.29) is 12.1 Å². The van der Waals surface area contributed by atoms with Gasteiger partial charge in [0.1, 0.15) is 16.2 Å². The zero-order valence-electron chi connectivity index (χ0n) is 16.6. The number of fused-ring (bicyclic) bond motifs is 3. The number of hydrogen-bond donors (Lipinski definition) is 2. The van der Waals surface area contributed by atoms with Gasteiger partial charge < -0.3 is 19.7 Å². The van der Waals surface area contributed by atoms with Gasteiger partial charge in [-0.15, -0.1) is 0 Å². The molecule has 8 nitrogen and oxygen atoms in total. The van der Waals surface area contributed by atoms with Crippen molar-refractivity contribution in [2.45, 2.75) is 49.1 Å². The van der Waals surface area contributed by atoms with Crippen molar-refractivity contribution >= 4 is 33.7 Å². The average molecular weight is 426 g/mol. The van der Waals surface area contributed by atoms with Gasteiger partial charge in [0.2, 0.25) is 5.95 Å². The van der Waals surface area contributed by atoms with Crippen LogP contribution >= 0.6 is 0 Å².